The van der Waals surface area contributed by atoms with Crippen LogP contribution in [0.4, 0.5) is 0 Å². The van der Waals surface area contributed by atoms with Gasteiger partial charge in [0.2, 0.25) is 0 Å². The van der Waals surface area contributed by atoms with Crippen LogP contribution in [0.3, 0.4) is 0 Å². The first-order valence-electron chi connectivity index (χ1n) is 4.91. The van der Waals surface area contributed by atoms with Crippen molar-refractivity contribution < 1.29 is 19.2 Å². The Balaban J connectivity index is 2.82. The average molecular weight is 209 g/mol. The van der Waals surface area contributed by atoms with Gasteiger partial charge in [-0.1, -0.05) is 13.2 Å². The SMILES string of the molecule is C=CC[N+]1(CC(=C)C(=O)[O-])CCCC1=O. The number of aliphatic carboxylic acids is 1. The second-order valence-corrected chi connectivity index (χ2v) is 3.89. The van der Waals surface area contributed by atoms with Crippen LogP contribution in [0.2, 0.25) is 0 Å². The lowest BCUT2D eigenvalue weighted by Crippen LogP contribution is -2.51. The van der Waals surface area contributed by atoms with E-state index in [0.717, 1.165) is 6.42 Å². The van der Waals surface area contributed by atoms with Crippen molar-refractivity contribution in [1.82, 2.24) is 0 Å². The number of hydrogen-bond acceptors (Lipinski definition) is 3. The highest BCUT2D eigenvalue weighted by molar-refractivity contribution is 5.84. The molecule has 1 saturated heterocycles. The zero-order valence-corrected chi connectivity index (χ0v) is 8.70. The lowest BCUT2D eigenvalue weighted by Gasteiger charge is -2.31. The lowest BCUT2D eigenvalue weighted by atomic mass is 10.2. The minimum atomic E-state index is -1.28. The summed E-state index contributed by atoms with van der Waals surface area (Å²) >= 11 is 0. The van der Waals surface area contributed by atoms with E-state index in [2.05, 4.69) is 13.2 Å². The summed E-state index contributed by atoms with van der Waals surface area (Å²) in [5, 5.41) is 10.6. The summed E-state index contributed by atoms with van der Waals surface area (Å²) in [7, 11) is 0. The molecule has 0 saturated carbocycles. The van der Waals surface area contributed by atoms with E-state index in [-0.39, 0.29) is 22.5 Å². The second kappa shape index (κ2) is 4.40. The van der Waals surface area contributed by atoms with E-state index < -0.39 is 5.97 Å². The van der Waals surface area contributed by atoms with Crippen LogP contribution in [0.5, 0.6) is 0 Å². The molecule has 1 atom stereocenters. The van der Waals surface area contributed by atoms with Gasteiger partial charge in [0.15, 0.2) is 0 Å². The number of carbonyl (C=O) groups is 2. The molecular formula is C11H15NO3. The van der Waals surface area contributed by atoms with E-state index in [1.165, 1.54) is 0 Å². The molecule has 15 heavy (non-hydrogen) atoms. The number of likely N-dealkylation sites (tertiary alicyclic amines) is 1. The van der Waals surface area contributed by atoms with Crippen LogP contribution in [0, 0.1) is 0 Å². The monoisotopic (exact) mass is 209 g/mol. The van der Waals surface area contributed by atoms with Crippen molar-refractivity contribution in [2.24, 2.45) is 0 Å². The van der Waals surface area contributed by atoms with Crippen LogP contribution < -0.4 is 5.11 Å². The number of carbonyl (C=O) groups excluding carboxylic acids is 2. The number of carboxylic acids is 1. The Hall–Kier alpha value is -1.42. The van der Waals surface area contributed by atoms with Crippen LogP contribution >= 0.6 is 0 Å². The van der Waals surface area contributed by atoms with Gasteiger partial charge in [-0.25, -0.2) is 4.79 Å². The molecule has 0 bridgehead atoms. The molecule has 1 aliphatic heterocycles. The van der Waals surface area contributed by atoms with Gasteiger partial charge in [-0.2, -0.15) is 0 Å². The molecule has 1 rings (SSSR count). The third-order valence-corrected chi connectivity index (χ3v) is 2.77. The number of nitrogens with zero attached hydrogens (tertiary/aromatic N) is 1. The second-order valence-electron chi connectivity index (χ2n) is 3.89. The van der Waals surface area contributed by atoms with Gasteiger partial charge in [0.05, 0.1) is 18.9 Å². The smallest absolute Gasteiger partial charge is 0.314 e. The van der Waals surface area contributed by atoms with E-state index in [4.69, 9.17) is 0 Å². The Morgan fingerprint density at radius 2 is 2.27 bits per heavy atom. The minimum Gasteiger partial charge on any atom is -0.545 e. The van der Waals surface area contributed by atoms with Crippen LogP contribution in [0.15, 0.2) is 24.8 Å². The first-order chi connectivity index (χ1) is 7.02. The molecule has 1 amide bonds. The lowest BCUT2D eigenvalue weighted by molar-refractivity contribution is -0.835. The molecule has 1 aliphatic rings. The minimum absolute atomic E-state index is 0.0212. The van der Waals surface area contributed by atoms with Gasteiger partial charge >= 0.3 is 5.91 Å². The predicted octanol–water partition coefficient (Wildman–Crippen LogP) is -0.384. The Labute approximate surface area is 89.1 Å². The number of hydrogen-bond donors (Lipinski definition) is 0. The molecule has 1 heterocycles. The molecule has 4 heteroatoms. The van der Waals surface area contributed by atoms with Crippen LogP contribution in [-0.4, -0.2) is 36.0 Å². The molecule has 0 aromatic rings. The third-order valence-electron chi connectivity index (χ3n) is 2.77. The Morgan fingerprint density at radius 3 is 2.67 bits per heavy atom. The van der Waals surface area contributed by atoms with Crippen LogP contribution in [0.1, 0.15) is 12.8 Å². The van der Waals surface area contributed by atoms with E-state index in [1.54, 1.807) is 6.08 Å². The zero-order chi connectivity index (χ0) is 11.5. The molecule has 0 N–H and O–H groups in total. The highest BCUT2D eigenvalue weighted by Gasteiger charge is 2.40. The van der Waals surface area contributed by atoms with Crippen molar-refractivity contribution in [2.75, 3.05) is 19.6 Å². The maximum atomic E-state index is 11.7. The van der Waals surface area contributed by atoms with Gasteiger partial charge in [0, 0.05) is 12.0 Å². The average Bonchev–Trinajstić information content (AvgIpc) is 2.48. The summed E-state index contributed by atoms with van der Waals surface area (Å²) in [6.07, 6.45) is 2.95. The van der Waals surface area contributed by atoms with Gasteiger partial charge < -0.3 is 9.90 Å². The summed E-state index contributed by atoms with van der Waals surface area (Å²) in [6.45, 7) is 8.27. The van der Waals surface area contributed by atoms with Crippen LogP contribution in [0.25, 0.3) is 0 Å². The van der Waals surface area contributed by atoms with Gasteiger partial charge in [0.25, 0.3) is 0 Å². The maximum Gasteiger partial charge on any atom is 0.314 e. The van der Waals surface area contributed by atoms with Crippen molar-refractivity contribution in [2.45, 2.75) is 12.8 Å². The van der Waals surface area contributed by atoms with E-state index >= 15 is 0 Å². The van der Waals surface area contributed by atoms with Gasteiger partial charge in [0.1, 0.15) is 13.1 Å². The van der Waals surface area contributed by atoms with Crippen molar-refractivity contribution in [3.05, 3.63) is 24.8 Å². The van der Waals surface area contributed by atoms with E-state index in [0.29, 0.717) is 19.5 Å². The topological polar surface area (TPSA) is 57.2 Å². The molecule has 0 aromatic heterocycles. The molecule has 0 spiro atoms. The molecule has 0 aliphatic carbocycles. The first-order valence-corrected chi connectivity index (χ1v) is 4.91. The van der Waals surface area contributed by atoms with E-state index in [9.17, 15) is 14.7 Å². The molecule has 0 radical (unpaired) electrons. The summed E-state index contributed by atoms with van der Waals surface area (Å²) in [4.78, 5) is 22.3. The molecule has 1 unspecified atom stereocenters. The number of rotatable bonds is 5. The summed E-state index contributed by atoms with van der Waals surface area (Å²) < 4.78 is 0.135. The largest absolute Gasteiger partial charge is 0.545 e. The van der Waals surface area contributed by atoms with Gasteiger partial charge in [-0.05, 0) is 6.08 Å². The van der Waals surface area contributed by atoms with Gasteiger partial charge in [-0.3, -0.25) is 4.48 Å². The maximum absolute atomic E-state index is 11.7. The molecule has 1 fully saturated rings. The normalized spacial score (nSPS) is 25.2. The fourth-order valence-corrected chi connectivity index (χ4v) is 2.00. The number of carboxylic acid groups (broad SMARTS) is 1. The Bertz CT molecular complexity index is 322. The van der Waals surface area contributed by atoms with Gasteiger partial charge in [-0.15, -0.1) is 0 Å². The molecule has 82 valence electrons. The molecule has 4 nitrogen and oxygen atoms in total. The summed E-state index contributed by atoms with van der Waals surface area (Å²) in [5.74, 6) is -1.21. The predicted molar refractivity (Wildman–Crippen MR) is 53.4 cm³/mol. The summed E-state index contributed by atoms with van der Waals surface area (Å²) in [6, 6.07) is 0. The molecular weight excluding hydrogens is 194 g/mol. The third kappa shape index (κ3) is 2.33. The van der Waals surface area contributed by atoms with Crippen molar-refractivity contribution in [3.63, 3.8) is 0 Å². The number of quaternary nitrogens is 1. The number of amides is 1. The molecule has 0 aromatic carbocycles. The van der Waals surface area contributed by atoms with Crippen molar-refractivity contribution in [3.8, 4) is 0 Å². The Kier molecular flexibility index (Phi) is 3.42. The first kappa shape index (κ1) is 11.7. The fourth-order valence-electron chi connectivity index (χ4n) is 2.00. The zero-order valence-electron chi connectivity index (χ0n) is 8.70. The fraction of sp³-hybridized carbons (Fsp3) is 0.455. The summed E-state index contributed by atoms with van der Waals surface area (Å²) in [5.41, 5.74) is -0.0212. The van der Waals surface area contributed by atoms with E-state index in [1.807, 2.05) is 0 Å². The van der Waals surface area contributed by atoms with Crippen LogP contribution in [-0.2, 0) is 9.59 Å². The van der Waals surface area contributed by atoms with Crippen molar-refractivity contribution in [1.29, 1.82) is 0 Å². The standard InChI is InChI=1S/C11H15NO3/c1-3-6-12(7-4-5-10(12)13)8-9(2)11(14)15/h3H,1-2,4-8H2. The van der Waals surface area contributed by atoms with Crippen molar-refractivity contribution >= 4 is 11.9 Å². The Morgan fingerprint density at radius 1 is 1.60 bits per heavy atom. The highest BCUT2D eigenvalue weighted by Crippen LogP contribution is 2.22. The highest BCUT2D eigenvalue weighted by atomic mass is 16.4. The quantitative estimate of drug-likeness (QED) is 0.352.